The molecule has 8 heteroatoms. The zero-order chi connectivity index (χ0) is 26.5. The Labute approximate surface area is 228 Å². The van der Waals surface area contributed by atoms with Gasteiger partial charge in [-0.15, -0.1) is 0 Å². The maximum Gasteiger partial charge on any atom is 0.262 e. The van der Waals surface area contributed by atoms with Crippen molar-refractivity contribution in [1.82, 2.24) is 19.4 Å². The molecule has 3 aromatic carbocycles. The topological polar surface area (TPSA) is 62.7 Å². The van der Waals surface area contributed by atoms with Gasteiger partial charge in [0.15, 0.2) is 16.3 Å². The Balaban J connectivity index is 1.23. The first-order valence-electron chi connectivity index (χ1n) is 13.0. The van der Waals surface area contributed by atoms with Crippen LogP contribution >= 0.6 is 12.2 Å². The molecule has 0 radical (unpaired) electrons. The SMILES string of the molecule is COc1cc2[nH]c(=S)n(CCCN3CCN(C(c4ccccc4)c4ccccc4)CC3)c(=O)c2cc1OC. The molecule has 0 spiro atoms. The smallest absolute Gasteiger partial charge is 0.262 e. The number of fused-ring (bicyclic) bond motifs is 1. The highest BCUT2D eigenvalue weighted by molar-refractivity contribution is 7.71. The van der Waals surface area contributed by atoms with Gasteiger partial charge in [0.25, 0.3) is 5.56 Å². The molecule has 7 nitrogen and oxygen atoms in total. The summed E-state index contributed by atoms with van der Waals surface area (Å²) in [6.45, 7) is 5.45. The Kier molecular flexibility index (Phi) is 8.22. The molecule has 1 aromatic heterocycles. The van der Waals surface area contributed by atoms with Gasteiger partial charge in [-0.2, -0.15) is 0 Å². The highest BCUT2D eigenvalue weighted by Crippen LogP contribution is 2.31. The molecule has 1 saturated heterocycles. The molecule has 0 amide bonds. The summed E-state index contributed by atoms with van der Waals surface area (Å²) in [7, 11) is 3.14. The first-order valence-corrected chi connectivity index (χ1v) is 13.4. The molecule has 2 heterocycles. The van der Waals surface area contributed by atoms with Crippen LogP contribution in [-0.4, -0.2) is 66.3 Å². The lowest BCUT2D eigenvalue weighted by Crippen LogP contribution is -2.48. The van der Waals surface area contributed by atoms with E-state index >= 15 is 0 Å². The monoisotopic (exact) mass is 530 g/mol. The average molecular weight is 531 g/mol. The Morgan fingerprint density at radius 1 is 0.842 bits per heavy atom. The number of hydrogen-bond acceptors (Lipinski definition) is 6. The molecular formula is C30H34N4O3S. The van der Waals surface area contributed by atoms with Crippen molar-refractivity contribution in [3.8, 4) is 11.5 Å². The zero-order valence-electron chi connectivity index (χ0n) is 21.9. The number of ether oxygens (including phenoxy) is 2. The van der Waals surface area contributed by atoms with Gasteiger partial charge in [0, 0.05) is 38.8 Å². The van der Waals surface area contributed by atoms with E-state index in [9.17, 15) is 4.79 Å². The third kappa shape index (κ3) is 5.53. The fraction of sp³-hybridized carbons (Fsp3) is 0.333. The van der Waals surface area contributed by atoms with Gasteiger partial charge in [0.2, 0.25) is 0 Å². The van der Waals surface area contributed by atoms with Crippen LogP contribution in [0, 0.1) is 4.77 Å². The van der Waals surface area contributed by atoms with Crippen LogP contribution in [0.25, 0.3) is 10.9 Å². The van der Waals surface area contributed by atoms with E-state index in [-0.39, 0.29) is 11.6 Å². The molecule has 1 fully saturated rings. The summed E-state index contributed by atoms with van der Waals surface area (Å²) < 4.78 is 12.8. The second-order valence-electron chi connectivity index (χ2n) is 9.59. The molecule has 1 aliphatic heterocycles. The van der Waals surface area contributed by atoms with Gasteiger partial charge in [0.05, 0.1) is 31.2 Å². The highest BCUT2D eigenvalue weighted by Gasteiger charge is 2.26. The van der Waals surface area contributed by atoms with Crippen LogP contribution in [0.5, 0.6) is 11.5 Å². The van der Waals surface area contributed by atoms with Crippen molar-refractivity contribution >= 4 is 23.1 Å². The maximum atomic E-state index is 13.2. The summed E-state index contributed by atoms with van der Waals surface area (Å²) >= 11 is 5.53. The summed E-state index contributed by atoms with van der Waals surface area (Å²) in [5.74, 6) is 1.08. The number of benzene rings is 3. The van der Waals surface area contributed by atoms with Crippen molar-refractivity contribution in [1.29, 1.82) is 0 Å². The zero-order valence-corrected chi connectivity index (χ0v) is 22.7. The fourth-order valence-electron chi connectivity index (χ4n) is 5.37. The van der Waals surface area contributed by atoms with Gasteiger partial charge in [-0.3, -0.25) is 14.3 Å². The van der Waals surface area contributed by atoms with Crippen LogP contribution in [0.1, 0.15) is 23.6 Å². The van der Waals surface area contributed by atoms with Crippen molar-refractivity contribution in [2.45, 2.75) is 19.0 Å². The molecule has 0 bridgehead atoms. The van der Waals surface area contributed by atoms with Crippen molar-refractivity contribution in [2.24, 2.45) is 0 Å². The number of methoxy groups -OCH3 is 2. The number of hydrogen-bond donors (Lipinski definition) is 1. The van der Waals surface area contributed by atoms with E-state index in [1.807, 2.05) is 0 Å². The molecular weight excluding hydrogens is 496 g/mol. The van der Waals surface area contributed by atoms with E-state index in [2.05, 4.69) is 75.4 Å². The minimum atomic E-state index is -0.108. The molecule has 0 unspecified atom stereocenters. The van der Waals surface area contributed by atoms with Crippen LogP contribution in [0.2, 0.25) is 0 Å². The molecule has 5 rings (SSSR count). The number of aromatic amines is 1. The van der Waals surface area contributed by atoms with Crippen LogP contribution in [-0.2, 0) is 6.54 Å². The third-order valence-electron chi connectivity index (χ3n) is 7.34. The molecule has 38 heavy (non-hydrogen) atoms. The highest BCUT2D eigenvalue weighted by atomic mass is 32.1. The molecule has 1 aliphatic rings. The summed E-state index contributed by atoms with van der Waals surface area (Å²) in [5, 5.41) is 0.540. The van der Waals surface area contributed by atoms with E-state index < -0.39 is 0 Å². The van der Waals surface area contributed by atoms with Gasteiger partial charge in [0.1, 0.15) is 0 Å². The Bertz CT molecular complexity index is 1440. The van der Waals surface area contributed by atoms with Crippen molar-refractivity contribution < 1.29 is 9.47 Å². The minimum Gasteiger partial charge on any atom is -0.493 e. The van der Waals surface area contributed by atoms with E-state index in [0.29, 0.717) is 33.7 Å². The van der Waals surface area contributed by atoms with Gasteiger partial charge in [-0.1, -0.05) is 60.7 Å². The summed E-state index contributed by atoms with van der Waals surface area (Å²) in [5.41, 5.74) is 3.19. The van der Waals surface area contributed by atoms with Gasteiger partial charge in [-0.25, -0.2) is 0 Å². The first-order chi connectivity index (χ1) is 18.6. The number of nitrogens with one attached hydrogen (secondary N) is 1. The molecule has 1 N–H and O–H groups in total. The normalized spacial score (nSPS) is 14.7. The van der Waals surface area contributed by atoms with Crippen LogP contribution < -0.4 is 15.0 Å². The number of piperazine rings is 1. The Morgan fingerprint density at radius 3 is 2.00 bits per heavy atom. The van der Waals surface area contributed by atoms with E-state index in [4.69, 9.17) is 21.7 Å². The van der Waals surface area contributed by atoms with E-state index in [0.717, 1.165) is 39.1 Å². The Morgan fingerprint density at radius 2 is 1.42 bits per heavy atom. The predicted molar refractivity (Wildman–Crippen MR) is 154 cm³/mol. The number of aromatic nitrogens is 2. The summed E-state index contributed by atoms with van der Waals surface area (Å²) in [6, 6.07) is 25.2. The number of rotatable bonds is 9. The number of nitrogens with zero attached hydrogens (tertiary/aromatic N) is 3. The standard InChI is InChI=1S/C30H34N4O3S/c1-36-26-20-24-25(21-27(26)37-2)31-30(38)34(29(24)35)15-9-14-32-16-18-33(19-17-32)28(22-10-5-3-6-11-22)23-12-7-4-8-13-23/h3-8,10-13,20-21,28H,9,14-19H2,1-2H3,(H,31,38). The quantitative estimate of drug-likeness (QED) is 0.312. The second-order valence-corrected chi connectivity index (χ2v) is 9.98. The molecule has 4 aromatic rings. The molecule has 198 valence electrons. The van der Waals surface area contributed by atoms with Crippen molar-refractivity contribution in [3.05, 3.63) is 99.0 Å². The third-order valence-corrected chi connectivity index (χ3v) is 7.67. The lowest BCUT2D eigenvalue weighted by atomic mass is 9.96. The van der Waals surface area contributed by atoms with Crippen LogP contribution in [0.15, 0.2) is 77.6 Å². The molecule has 0 saturated carbocycles. The fourth-order valence-corrected chi connectivity index (χ4v) is 5.65. The van der Waals surface area contributed by atoms with Crippen molar-refractivity contribution in [2.75, 3.05) is 46.9 Å². The summed E-state index contributed by atoms with van der Waals surface area (Å²) in [4.78, 5) is 21.5. The molecule has 0 atom stereocenters. The van der Waals surface area contributed by atoms with Gasteiger partial charge < -0.3 is 19.4 Å². The van der Waals surface area contributed by atoms with Crippen LogP contribution in [0.3, 0.4) is 0 Å². The second kappa shape index (κ2) is 11.9. The van der Waals surface area contributed by atoms with E-state index in [1.54, 1.807) is 30.9 Å². The first kappa shape index (κ1) is 26.2. The minimum absolute atomic E-state index is 0.108. The predicted octanol–water partition coefficient (Wildman–Crippen LogP) is 4.87. The van der Waals surface area contributed by atoms with E-state index in [1.165, 1.54) is 11.1 Å². The average Bonchev–Trinajstić information content (AvgIpc) is 2.96. The number of H-pyrrole nitrogens is 1. The van der Waals surface area contributed by atoms with Gasteiger partial charge in [-0.05, 0) is 42.4 Å². The van der Waals surface area contributed by atoms with Gasteiger partial charge >= 0.3 is 0 Å². The largest absolute Gasteiger partial charge is 0.493 e. The summed E-state index contributed by atoms with van der Waals surface area (Å²) in [6.07, 6.45) is 0.844. The Hall–Kier alpha value is -3.46. The maximum absolute atomic E-state index is 13.2. The van der Waals surface area contributed by atoms with Crippen LogP contribution in [0.4, 0.5) is 0 Å². The van der Waals surface area contributed by atoms with Crippen molar-refractivity contribution in [3.63, 3.8) is 0 Å². The molecule has 0 aliphatic carbocycles. The lowest BCUT2D eigenvalue weighted by Gasteiger charge is -2.39. The lowest BCUT2D eigenvalue weighted by molar-refractivity contribution is 0.107.